The van der Waals surface area contributed by atoms with Gasteiger partial charge in [0.05, 0.1) is 12.8 Å². The molecule has 15 heavy (non-hydrogen) atoms. The van der Waals surface area contributed by atoms with E-state index < -0.39 is 0 Å². The van der Waals surface area contributed by atoms with E-state index in [1.807, 2.05) is 0 Å². The van der Waals surface area contributed by atoms with Crippen molar-refractivity contribution >= 4 is 17.7 Å². The van der Waals surface area contributed by atoms with E-state index in [4.69, 9.17) is 5.73 Å². The molecule has 0 spiro atoms. The molecule has 1 aromatic rings. The summed E-state index contributed by atoms with van der Waals surface area (Å²) in [4.78, 5) is 11.1. The Balaban J connectivity index is 2.98. The SMILES string of the molecule is COC(=O)/C(C)=C/c1ccc(O)c(N)c1. The van der Waals surface area contributed by atoms with Gasteiger partial charge in [0.2, 0.25) is 0 Å². The van der Waals surface area contributed by atoms with Gasteiger partial charge in [0, 0.05) is 5.57 Å². The normalized spacial score (nSPS) is 11.2. The third-order valence-corrected chi connectivity index (χ3v) is 1.94. The van der Waals surface area contributed by atoms with Crippen molar-refractivity contribution < 1.29 is 14.6 Å². The number of ether oxygens (including phenoxy) is 1. The molecule has 0 saturated carbocycles. The molecule has 0 heterocycles. The molecule has 0 unspecified atom stereocenters. The Labute approximate surface area is 88.0 Å². The number of esters is 1. The number of rotatable bonds is 2. The van der Waals surface area contributed by atoms with Gasteiger partial charge in [-0.3, -0.25) is 0 Å². The summed E-state index contributed by atoms with van der Waals surface area (Å²) in [6.45, 7) is 1.65. The topological polar surface area (TPSA) is 72.5 Å². The number of phenols is 1. The number of aromatic hydroxyl groups is 1. The van der Waals surface area contributed by atoms with E-state index in [0.717, 1.165) is 5.56 Å². The second-order valence-corrected chi connectivity index (χ2v) is 3.14. The van der Waals surface area contributed by atoms with Gasteiger partial charge >= 0.3 is 5.97 Å². The molecular formula is C11H13NO3. The first-order valence-corrected chi connectivity index (χ1v) is 4.39. The zero-order valence-electron chi connectivity index (χ0n) is 8.65. The van der Waals surface area contributed by atoms with Crippen LogP contribution >= 0.6 is 0 Å². The Morgan fingerprint density at radius 3 is 2.73 bits per heavy atom. The fraction of sp³-hybridized carbons (Fsp3) is 0.182. The molecule has 4 nitrogen and oxygen atoms in total. The number of anilines is 1. The Morgan fingerprint density at radius 1 is 1.53 bits per heavy atom. The first-order valence-electron chi connectivity index (χ1n) is 4.39. The average molecular weight is 207 g/mol. The highest BCUT2D eigenvalue weighted by atomic mass is 16.5. The number of nitrogen functional groups attached to an aromatic ring is 1. The standard InChI is InChI=1S/C11H13NO3/c1-7(11(14)15-2)5-8-3-4-10(13)9(12)6-8/h3-6,13H,12H2,1-2H3/b7-5+. The van der Waals surface area contributed by atoms with E-state index in [9.17, 15) is 9.90 Å². The molecule has 0 aromatic heterocycles. The maximum absolute atomic E-state index is 11.1. The summed E-state index contributed by atoms with van der Waals surface area (Å²) in [6, 6.07) is 4.73. The lowest BCUT2D eigenvalue weighted by molar-refractivity contribution is -0.135. The van der Waals surface area contributed by atoms with Crippen molar-refractivity contribution in [1.82, 2.24) is 0 Å². The summed E-state index contributed by atoms with van der Waals surface area (Å²) in [7, 11) is 1.32. The molecule has 0 aliphatic rings. The van der Waals surface area contributed by atoms with Crippen molar-refractivity contribution in [2.24, 2.45) is 0 Å². The molecule has 1 aromatic carbocycles. The smallest absolute Gasteiger partial charge is 0.333 e. The second-order valence-electron chi connectivity index (χ2n) is 3.14. The zero-order valence-corrected chi connectivity index (χ0v) is 8.65. The minimum Gasteiger partial charge on any atom is -0.506 e. The Morgan fingerprint density at radius 2 is 2.20 bits per heavy atom. The van der Waals surface area contributed by atoms with Crippen molar-refractivity contribution in [3.8, 4) is 5.75 Å². The van der Waals surface area contributed by atoms with Gasteiger partial charge in [0.1, 0.15) is 5.75 Å². The molecule has 0 fully saturated rings. The van der Waals surface area contributed by atoms with Gasteiger partial charge in [-0.15, -0.1) is 0 Å². The molecule has 4 heteroatoms. The molecule has 1 rings (SSSR count). The zero-order chi connectivity index (χ0) is 11.4. The fourth-order valence-electron chi connectivity index (χ4n) is 1.13. The number of hydrogen-bond acceptors (Lipinski definition) is 4. The first kappa shape index (κ1) is 11.1. The van der Waals surface area contributed by atoms with Crippen LogP contribution in [-0.2, 0) is 9.53 Å². The van der Waals surface area contributed by atoms with Crippen LogP contribution in [0.15, 0.2) is 23.8 Å². The number of methoxy groups -OCH3 is 1. The molecule has 0 saturated heterocycles. The van der Waals surface area contributed by atoms with Gasteiger partial charge in [-0.25, -0.2) is 4.79 Å². The lowest BCUT2D eigenvalue weighted by Crippen LogP contribution is -2.01. The summed E-state index contributed by atoms with van der Waals surface area (Å²) in [5.41, 5.74) is 7.01. The molecule has 0 radical (unpaired) electrons. The van der Waals surface area contributed by atoms with Gasteiger partial charge < -0.3 is 15.6 Å². The third kappa shape index (κ3) is 2.74. The molecule has 0 atom stereocenters. The molecule has 3 N–H and O–H groups in total. The summed E-state index contributed by atoms with van der Waals surface area (Å²) in [5, 5.41) is 9.20. The monoisotopic (exact) mass is 207 g/mol. The van der Waals surface area contributed by atoms with E-state index in [-0.39, 0.29) is 17.4 Å². The number of nitrogens with two attached hydrogens (primary N) is 1. The molecular weight excluding hydrogens is 194 g/mol. The van der Waals surface area contributed by atoms with E-state index in [1.54, 1.807) is 25.1 Å². The van der Waals surface area contributed by atoms with Crippen LogP contribution < -0.4 is 5.73 Å². The summed E-state index contributed by atoms with van der Waals surface area (Å²) in [5.74, 6) is -0.357. The van der Waals surface area contributed by atoms with Crippen LogP contribution in [-0.4, -0.2) is 18.2 Å². The molecule has 0 aliphatic carbocycles. The summed E-state index contributed by atoms with van der Waals surface area (Å²) < 4.78 is 4.55. The summed E-state index contributed by atoms with van der Waals surface area (Å²) in [6.07, 6.45) is 1.64. The molecule has 0 aliphatic heterocycles. The van der Waals surface area contributed by atoms with Crippen LogP contribution in [0, 0.1) is 0 Å². The maximum Gasteiger partial charge on any atom is 0.333 e. The highest BCUT2D eigenvalue weighted by Gasteiger charge is 2.03. The van der Waals surface area contributed by atoms with Crippen molar-refractivity contribution in [3.05, 3.63) is 29.3 Å². The van der Waals surface area contributed by atoms with Gasteiger partial charge in [-0.2, -0.15) is 0 Å². The quantitative estimate of drug-likeness (QED) is 0.334. The number of carbonyl (C=O) groups excluding carboxylic acids is 1. The van der Waals surface area contributed by atoms with Gasteiger partial charge in [-0.05, 0) is 30.7 Å². The van der Waals surface area contributed by atoms with Gasteiger partial charge in [0.15, 0.2) is 0 Å². The molecule has 0 bridgehead atoms. The van der Waals surface area contributed by atoms with Crippen molar-refractivity contribution in [2.45, 2.75) is 6.92 Å². The van der Waals surface area contributed by atoms with E-state index in [1.165, 1.54) is 13.2 Å². The highest BCUT2D eigenvalue weighted by molar-refractivity contribution is 5.93. The van der Waals surface area contributed by atoms with Crippen LogP contribution in [0.5, 0.6) is 5.75 Å². The van der Waals surface area contributed by atoms with Crippen LogP contribution in [0.1, 0.15) is 12.5 Å². The van der Waals surface area contributed by atoms with Gasteiger partial charge in [-0.1, -0.05) is 6.07 Å². The fourth-order valence-corrected chi connectivity index (χ4v) is 1.13. The third-order valence-electron chi connectivity index (χ3n) is 1.94. The minimum absolute atomic E-state index is 0.0304. The highest BCUT2D eigenvalue weighted by Crippen LogP contribution is 2.21. The van der Waals surface area contributed by atoms with Crippen LogP contribution in [0.3, 0.4) is 0 Å². The largest absolute Gasteiger partial charge is 0.506 e. The predicted molar refractivity (Wildman–Crippen MR) is 58.2 cm³/mol. The number of phenolic OH excluding ortho intramolecular Hbond substituents is 1. The first-order chi connectivity index (χ1) is 7.04. The molecule has 0 amide bonds. The second kappa shape index (κ2) is 4.50. The van der Waals surface area contributed by atoms with E-state index in [0.29, 0.717) is 5.57 Å². The Bertz CT molecular complexity index is 410. The van der Waals surface area contributed by atoms with Crippen LogP contribution in [0.4, 0.5) is 5.69 Å². The van der Waals surface area contributed by atoms with Crippen LogP contribution in [0.25, 0.3) is 6.08 Å². The predicted octanol–water partition coefficient (Wildman–Crippen LogP) is 1.55. The Hall–Kier alpha value is -1.97. The van der Waals surface area contributed by atoms with Crippen molar-refractivity contribution in [2.75, 3.05) is 12.8 Å². The number of benzene rings is 1. The number of carbonyl (C=O) groups is 1. The van der Waals surface area contributed by atoms with E-state index >= 15 is 0 Å². The molecule has 80 valence electrons. The van der Waals surface area contributed by atoms with Crippen molar-refractivity contribution in [3.63, 3.8) is 0 Å². The Kier molecular flexibility index (Phi) is 3.33. The summed E-state index contributed by atoms with van der Waals surface area (Å²) >= 11 is 0. The minimum atomic E-state index is -0.387. The van der Waals surface area contributed by atoms with E-state index in [2.05, 4.69) is 4.74 Å². The van der Waals surface area contributed by atoms with Gasteiger partial charge in [0.25, 0.3) is 0 Å². The van der Waals surface area contributed by atoms with Crippen molar-refractivity contribution in [1.29, 1.82) is 0 Å². The lowest BCUT2D eigenvalue weighted by Gasteiger charge is -2.01. The maximum atomic E-state index is 11.1. The lowest BCUT2D eigenvalue weighted by atomic mass is 10.1. The average Bonchev–Trinajstić information content (AvgIpc) is 2.22. The number of hydrogen-bond donors (Lipinski definition) is 2. The van der Waals surface area contributed by atoms with Crippen LogP contribution in [0.2, 0.25) is 0 Å².